The highest BCUT2D eigenvalue weighted by atomic mass is 16.5. The fourth-order valence-corrected chi connectivity index (χ4v) is 4.22. The maximum absolute atomic E-state index is 12.0. The molecule has 4 atom stereocenters. The molecule has 1 saturated heterocycles. The summed E-state index contributed by atoms with van der Waals surface area (Å²) >= 11 is 0. The van der Waals surface area contributed by atoms with Gasteiger partial charge in [0.15, 0.2) is 0 Å². The zero-order chi connectivity index (χ0) is 14.7. The molecule has 114 valence electrons. The lowest BCUT2D eigenvalue weighted by atomic mass is 9.60. The molecule has 2 saturated carbocycles. The second-order valence-electron chi connectivity index (χ2n) is 6.24. The van der Waals surface area contributed by atoms with E-state index in [9.17, 15) is 9.59 Å². The van der Waals surface area contributed by atoms with E-state index in [1.54, 1.807) is 12.5 Å². The van der Waals surface area contributed by atoms with Gasteiger partial charge in [0, 0.05) is 12.3 Å². The van der Waals surface area contributed by atoms with Gasteiger partial charge in [0.2, 0.25) is 0 Å². The highest BCUT2D eigenvalue weighted by Gasteiger charge is 2.48. The molecule has 3 fully saturated rings. The van der Waals surface area contributed by atoms with Crippen molar-refractivity contribution < 1.29 is 18.7 Å². The third-order valence-electron chi connectivity index (χ3n) is 5.13. The first kappa shape index (κ1) is 14.4. The first-order valence-corrected chi connectivity index (χ1v) is 7.94. The van der Waals surface area contributed by atoms with Gasteiger partial charge < -0.3 is 9.15 Å². The smallest absolute Gasteiger partial charge is 0.309 e. The molecule has 21 heavy (non-hydrogen) atoms. The number of fused-ring (bicyclic) bond motifs is 3. The van der Waals surface area contributed by atoms with Crippen molar-refractivity contribution in [1.29, 1.82) is 0 Å². The third-order valence-corrected chi connectivity index (χ3v) is 5.13. The molecule has 2 heterocycles. The molecule has 0 N–H and O–H groups in total. The summed E-state index contributed by atoms with van der Waals surface area (Å²) in [5.74, 6) is 1.44. The number of carbonyl (C=O) groups is 2. The number of furan rings is 1. The highest BCUT2D eigenvalue weighted by Crippen LogP contribution is 2.47. The van der Waals surface area contributed by atoms with Crippen LogP contribution in [-0.4, -0.2) is 18.4 Å². The molecule has 0 bridgehead atoms. The fraction of sp³-hybridized carbons (Fsp3) is 0.647. The number of hydrogen-bond donors (Lipinski definition) is 0. The van der Waals surface area contributed by atoms with Crippen LogP contribution in [0.2, 0.25) is 0 Å². The van der Waals surface area contributed by atoms with E-state index in [1.165, 1.54) is 6.42 Å². The minimum Gasteiger partial charge on any atom is -0.473 e. The van der Waals surface area contributed by atoms with Gasteiger partial charge in [0.25, 0.3) is 0 Å². The predicted molar refractivity (Wildman–Crippen MR) is 76.3 cm³/mol. The topological polar surface area (TPSA) is 56.5 Å². The van der Waals surface area contributed by atoms with Gasteiger partial charge in [-0.1, -0.05) is 0 Å². The summed E-state index contributed by atoms with van der Waals surface area (Å²) in [4.78, 5) is 23.7. The van der Waals surface area contributed by atoms with Crippen LogP contribution in [0.15, 0.2) is 29.1 Å². The molecule has 4 unspecified atom stereocenters. The molecule has 0 spiro atoms. The molecule has 0 amide bonds. The minimum atomic E-state index is -0.0481. The quantitative estimate of drug-likeness (QED) is 0.688. The number of esters is 1. The van der Waals surface area contributed by atoms with E-state index in [0.29, 0.717) is 24.2 Å². The lowest BCUT2D eigenvalue weighted by Gasteiger charge is -2.45. The normalized spacial score (nSPS) is 34.9. The van der Waals surface area contributed by atoms with Crippen LogP contribution >= 0.6 is 0 Å². The number of hydrogen-bond acceptors (Lipinski definition) is 4. The molecule has 4 heteroatoms. The maximum atomic E-state index is 12.0. The molecule has 3 aliphatic rings. The Bertz CT molecular complexity index is 462. The van der Waals surface area contributed by atoms with Crippen LogP contribution in [0.25, 0.3) is 0 Å². The highest BCUT2D eigenvalue weighted by molar-refractivity contribution is 5.84. The molecular formula is C17H22O4. The lowest BCUT2D eigenvalue weighted by molar-refractivity contribution is -0.164. The van der Waals surface area contributed by atoms with E-state index in [4.69, 9.17) is 4.74 Å². The van der Waals surface area contributed by atoms with Gasteiger partial charge in [-0.3, -0.25) is 9.59 Å². The summed E-state index contributed by atoms with van der Waals surface area (Å²) in [7, 11) is 0. The zero-order valence-electron chi connectivity index (χ0n) is 12.2. The Hall–Kier alpha value is -1.58. The van der Waals surface area contributed by atoms with Gasteiger partial charge in [0.05, 0.1) is 25.1 Å². The van der Waals surface area contributed by atoms with Crippen LogP contribution in [0.5, 0.6) is 0 Å². The number of ether oxygens (including phenoxy) is 1. The van der Waals surface area contributed by atoms with Crippen LogP contribution in [0.4, 0.5) is 0 Å². The van der Waals surface area contributed by atoms with Gasteiger partial charge in [-0.15, -0.1) is 0 Å². The van der Waals surface area contributed by atoms with Crippen molar-refractivity contribution in [3.63, 3.8) is 0 Å². The molecule has 4 rings (SSSR count). The Kier molecular flexibility index (Phi) is 4.42. The number of carbonyl (C=O) groups excluding carboxylic acids is 2. The maximum Gasteiger partial charge on any atom is 0.309 e. The molecule has 0 radical (unpaired) electrons. The van der Waals surface area contributed by atoms with E-state index < -0.39 is 0 Å². The second-order valence-corrected chi connectivity index (χ2v) is 6.24. The summed E-state index contributed by atoms with van der Waals surface area (Å²) in [5, 5.41) is 0. The van der Waals surface area contributed by atoms with E-state index >= 15 is 0 Å². The Labute approximate surface area is 124 Å². The fourth-order valence-electron chi connectivity index (χ4n) is 4.22. The average molecular weight is 290 g/mol. The van der Waals surface area contributed by atoms with E-state index in [2.05, 4.69) is 4.42 Å². The Morgan fingerprint density at radius 1 is 1.00 bits per heavy atom. The van der Waals surface area contributed by atoms with Crippen molar-refractivity contribution in [2.75, 3.05) is 6.61 Å². The SMILES string of the molecule is O=C1OCCC2C1CCC1CCCC(=O)C12.c1ccoc1. The molecule has 1 aliphatic heterocycles. The Morgan fingerprint density at radius 3 is 2.52 bits per heavy atom. The van der Waals surface area contributed by atoms with Gasteiger partial charge in [0.1, 0.15) is 5.78 Å². The molecule has 2 aliphatic carbocycles. The van der Waals surface area contributed by atoms with Gasteiger partial charge in [-0.2, -0.15) is 0 Å². The van der Waals surface area contributed by atoms with Crippen LogP contribution in [0.3, 0.4) is 0 Å². The summed E-state index contributed by atoms with van der Waals surface area (Å²) in [6.07, 6.45) is 9.13. The number of rotatable bonds is 0. The zero-order valence-corrected chi connectivity index (χ0v) is 12.2. The van der Waals surface area contributed by atoms with Crippen molar-refractivity contribution in [2.24, 2.45) is 23.7 Å². The van der Waals surface area contributed by atoms with Crippen LogP contribution < -0.4 is 0 Å². The summed E-state index contributed by atoms with van der Waals surface area (Å²) in [6, 6.07) is 3.67. The van der Waals surface area contributed by atoms with E-state index in [0.717, 1.165) is 32.1 Å². The first-order valence-electron chi connectivity index (χ1n) is 7.94. The molecule has 1 aromatic rings. The van der Waals surface area contributed by atoms with Crippen molar-refractivity contribution in [2.45, 2.75) is 38.5 Å². The molecule has 0 aromatic carbocycles. The Balaban J connectivity index is 0.000000225. The summed E-state index contributed by atoms with van der Waals surface area (Å²) < 4.78 is 9.70. The first-order chi connectivity index (χ1) is 10.3. The van der Waals surface area contributed by atoms with E-state index in [-0.39, 0.29) is 17.8 Å². The Morgan fingerprint density at radius 2 is 1.81 bits per heavy atom. The number of Topliss-reactive ketones (excluding diaryl/α,β-unsaturated/α-hetero) is 1. The van der Waals surface area contributed by atoms with Gasteiger partial charge >= 0.3 is 5.97 Å². The van der Waals surface area contributed by atoms with E-state index in [1.807, 2.05) is 12.1 Å². The number of cyclic esters (lactones) is 1. The standard InChI is InChI=1S/C13H18O3.C4H4O/c14-11-3-1-2-8-4-5-10-9(12(8)11)6-7-16-13(10)15;1-2-4-5-3-1/h8-10,12H,1-7H2;1-4H. The van der Waals surface area contributed by atoms with Gasteiger partial charge in [-0.05, 0) is 56.1 Å². The molecular weight excluding hydrogens is 268 g/mol. The third kappa shape index (κ3) is 3.04. The van der Waals surface area contributed by atoms with Gasteiger partial charge in [-0.25, -0.2) is 0 Å². The average Bonchev–Trinajstić information content (AvgIpc) is 3.07. The number of ketones is 1. The van der Waals surface area contributed by atoms with Crippen molar-refractivity contribution >= 4 is 11.8 Å². The summed E-state index contributed by atoms with van der Waals surface area (Å²) in [6.45, 7) is 0.524. The van der Waals surface area contributed by atoms with Crippen molar-refractivity contribution in [3.8, 4) is 0 Å². The predicted octanol–water partition coefficient (Wildman–Crippen LogP) is 3.22. The largest absolute Gasteiger partial charge is 0.473 e. The summed E-state index contributed by atoms with van der Waals surface area (Å²) in [5.41, 5.74) is 0. The molecule has 4 nitrogen and oxygen atoms in total. The van der Waals surface area contributed by atoms with Crippen molar-refractivity contribution in [1.82, 2.24) is 0 Å². The minimum absolute atomic E-state index is 0.0250. The van der Waals surface area contributed by atoms with Crippen LogP contribution in [0, 0.1) is 23.7 Å². The lowest BCUT2D eigenvalue weighted by Crippen LogP contribution is -2.47. The molecule has 1 aromatic heterocycles. The monoisotopic (exact) mass is 290 g/mol. The van der Waals surface area contributed by atoms with Crippen molar-refractivity contribution in [3.05, 3.63) is 24.7 Å². The van der Waals surface area contributed by atoms with Crippen LogP contribution in [-0.2, 0) is 14.3 Å². The van der Waals surface area contributed by atoms with Crippen LogP contribution in [0.1, 0.15) is 38.5 Å². The second kappa shape index (κ2) is 6.46.